The molecule has 0 saturated carbocycles. The number of carbonyl (C=O) groups excluding carboxylic acids is 1. The Kier molecular flexibility index (Phi) is 2.96. The summed E-state index contributed by atoms with van der Waals surface area (Å²) < 4.78 is 13.8. The molecule has 1 unspecified atom stereocenters. The first-order chi connectivity index (χ1) is 9.19. The van der Waals surface area contributed by atoms with Crippen molar-refractivity contribution in [3.8, 4) is 0 Å². The molecule has 1 aromatic heterocycles. The van der Waals surface area contributed by atoms with Crippen LogP contribution < -0.4 is 10.2 Å². The molecule has 1 N–H and O–H groups in total. The van der Waals surface area contributed by atoms with Crippen LogP contribution >= 0.6 is 0 Å². The van der Waals surface area contributed by atoms with Gasteiger partial charge in [-0.05, 0) is 6.42 Å². The molecule has 1 atom stereocenters. The van der Waals surface area contributed by atoms with E-state index in [0.717, 1.165) is 6.42 Å². The first kappa shape index (κ1) is 12.1. The molecule has 19 heavy (non-hydrogen) atoms. The highest BCUT2D eigenvalue weighted by molar-refractivity contribution is 5.79. The summed E-state index contributed by atoms with van der Waals surface area (Å²) in [4.78, 5) is 23.4. The zero-order valence-corrected chi connectivity index (χ0v) is 10.8. The van der Waals surface area contributed by atoms with Crippen LogP contribution in [0, 0.1) is 5.82 Å². The quantitative estimate of drug-likeness (QED) is 0.842. The highest BCUT2D eigenvalue weighted by Crippen LogP contribution is 2.26. The van der Waals surface area contributed by atoms with Crippen molar-refractivity contribution in [2.45, 2.75) is 18.9 Å². The fourth-order valence-corrected chi connectivity index (χ4v) is 2.76. The van der Waals surface area contributed by atoms with Gasteiger partial charge in [0.2, 0.25) is 11.9 Å². The van der Waals surface area contributed by atoms with Gasteiger partial charge in [-0.1, -0.05) is 0 Å². The molecule has 0 spiro atoms. The van der Waals surface area contributed by atoms with Gasteiger partial charge in [0.15, 0.2) is 11.6 Å². The fraction of sp³-hybridized carbons (Fsp3) is 0.583. The monoisotopic (exact) mass is 265 g/mol. The Morgan fingerprint density at radius 2 is 2.32 bits per heavy atom. The SMILES string of the molecule is CNc1ncc(F)c(N2CCN3C(=O)CCC3C2)n1. The Morgan fingerprint density at radius 1 is 1.47 bits per heavy atom. The molecule has 1 aromatic rings. The van der Waals surface area contributed by atoms with E-state index in [-0.39, 0.29) is 11.9 Å². The lowest BCUT2D eigenvalue weighted by Crippen LogP contribution is -2.52. The molecule has 2 saturated heterocycles. The van der Waals surface area contributed by atoms with Crippen molar-refractivity contribution in [2.75, 3.05) is 36.9 Å². The van der Waals surface area contributed by atoms with Crippen LogP contribution in [-0.2, 0) is 4.79 Å². The summed E-state index contributed by atoms with van der Waals surface area (Å²) in [5.41, 5.74) is 0. The van der Waals surface area contributed by atoms with Crippen LogP contribution in [0.25, 0.3) is 0 Å². The molecule has 0 radical (unpaired) electrons. The Balaban J connectivity index is 1.82. The molecule has 0 aliphatic carbocycles. The number of rotatable bonds is 2. The summed E-state index contributed by atoms with van der Waals surface area (Å²) >= 11 is 0. The average molecular weight is 265 g/mol. The van der Waals surface area contributed by atoms with Crippen LogP contribution in [0.4, 0.5) is 16.2 Å². The Labute approximate surface area is 110 Å². The normalized spacial score (nSPS) is 22.6. The number of anilines is 2. The lowest BCUT2D eigenvalue weighted by Gasteiger charge is -2.38. The van der Waals surface area contributed by atoms with Crippen molar-refractivity contribution in [2.24, 2.45) is 0 Å². The number of amides is 1. The van der Waals surface area contributed by atoms with Gasteiger partial charge in [-0.15, -0.1) is 0 Å². The van der Waals surface area contributed by atoms with Gasteiger partial charge in [0, 0.05) is 39.1 Å². The molecule has 2 aliphatic rings. The van der Waals surface area contributed by atoms with Crippen molar-refractivity contribution in [1.29, 1.82) is 0 Å². The summed E-state index contributed by atoms with van der Waals surface area (Å²) in [5.74, 6) is 0.514. The van der Waals surface area contributed by atoms with E-state index >= 15 is 0 Å². The number of carbonyl (C=O) groups is 1. The van der Waals surface area contributed by atoms with Crippen LogP contribution in [-0.4, -0.2) is 53.5 Å². The van der Waals surface area contributed by atoms with Gasteiger partial charge in [0.25, 0.3) is 0 Å². The first-order valence-electron chi connectivity index (χ1n) is 6.43. The van der Waals surface area contributed by atoms with Gasteiger partial charge in [-0.2, -0.15) is 4.98 Å². The van der Waals surface area contributed by atoms with Gasteiger partial charge < -0.3 is 15.1 Å². The van der Waals surface area contributed by atoms with Gasteiger partial charge in [-0.3, -0.25) is 4.79 Å². The first-order valence-corrected chi connectivity index (χ1v) is 6.43. The topological polar surface area (TPSA) is 61.4 Å². The van der Waals surface area contributed by atoms with Crippen LogP contribution in [0.2, 0.25) is 0 Å². The summed E-state index contributed by atoms with van der Waals surface area (Å²) in [5, 5.41) is 2.81. The van der Waals surface area contributed by atoms with E-state index in [1.54, 1.807) is 7.05 Å². The van der Waals surface area contributed by atoms with E-state index in [1.165, 1.54) is 6.20 Å². The minimum Gasteiger partial charge on any atom is -0.357 e. The Hall–Kier alpha value is -1.92. The van der Waals surface area contributed by atoms with Crippen LogP contribution in [0.1, 0.15) is 12.8 Å². The highest BCUT2D eigenvalue weighted by Gasteiger charge is 2.36. The molecule has 2 aliphatic heterocycles. The van der Waals surface area contributed by atoms with E-state index in [1.807, 2.05) is 9.80 Å². The minimum absolute atomic E-state index is 0.189. The summed E-state index contributed by atoms with van der Waals surface area (Å²) in [7, 11) is 1.70. The molecule has 0 aromatic carbocycles. The van der Waals surface area contributed by atoms with Crippen molar-refractivity contribution >= 4 is 17.7 Å². The zero-order chi connectivity index (χ0) is 13.4. The third kappa shape index (κ3) is 2.09. The van der Waals surface area contributed by atoms with Crippen LogP contribution in [0.15, 0.2) is 6.20 Å². The number of fused-ring (bicyclic) bond motifs is 1. The second-order valence-electron chi connectivity index (χ2n) is 4.84. The second-order valence-corrected chi connectivity index (χ2v) is 4.84. The van der Waals surface area contributed by atoms with Gasteiger partial charge >= 0.3 is 0 Å². The predicted octanol–water partition coefficient (Wildman–Crippen LogP) is 0.468. The number of halogens is 1. The Bertz CT molecular complexity index is 509. The minimum atomic E-state index is -0.420. The molecule has 2 fully saturated rings. The predicted molar refractivity (Wildman–Crippen MR) is 68.5 cm³/mol. The van der Waals surface area contributed by atoms with E-state index in [0.29, 0.717) is 37.8 Å². The molecule has 3 rings (SSSR count). The summed E-state index contributed by atoms with van der Waals surface area (Å²) in [6.45, 7) is 1.89. The van der Waals surface area contributed by atoms with E-state index in [9.17, 15) is 9.18 Å². The van der Waals surface area contributed by atoms with E-state index in [4.69, 9.17) is 0 Å². The molecule has 102 valence electrons. The lowest BCUT2D eigenvalue weighted by molar-refractivity contribution is -0.129. The van der Waals surface area contributed by atoms with Gasteiger partial charge in [0.1, 0.15) is 0 Å². The number of aromatic nitrogens is 2. The van der Waals surface area contributed by atoms with Crippen molar-refractivity contribution in [1.82, 2.24) is 14.9 Å². The molecular weight excluding hydrogens is 249 g/mol. The number of piperazine rings is 1. The molecule has 3 heterocycles. The van der Waals surface area contributed by atoms with Gasteiger partial charge in [-0.25, -0.2) is 9.37 Å². The van der Waals surface area contributed by atoms with Crippen LogP contribution in [0.3, 0.4) is 0 Å². The zero-order valence-electron chi connectivity index (χ0n) is 10.8. The maximum Gasteiger partial charge on any atom is 0.224 e. The van der Waals surface area contributed by atoms with Crippen LogP contribution in [0.5, 0.6) is 0 Å². The Morgan fingerprint density at radius 3 is 3.11 bits per heavy atom. The molecule has 1 amide bonds. The van der Waals surface area contributed by atoms with E-state index in [2.05, 4.69) is 15.3 Å². The summed E-state index contributed by atoms with van der Waals surface area (Å²) in [6, 6.07) is 0.189. The standard InChI is InChI=1S/C12H16FN5O/c1-14-12-15-6-9(13)11(16-12)17-4-5-18-8(7-17)2-3-10(18)19/h6,8H,2-5,7H2,1H3,(H,14,15,16). The average Bonchev–Trinajstić information content (AvgIpc) is 2.80. The largest absolute Gasteiger partial charge is 0.357 e. The third-order valence-corrected chi connectivity index (χ3v) is 3.74. The van der Waals surface area contributed by atoms with Gasteiger partial charge in [0.05, 0.1) is 6.20 Å². The second kappa shape index (κ2) is 4.64. The highest BCUT2D eigenvalue weighted by atomic mass is 19.1. The number of nitrogens with zero attached hydrogens (tertiary/aromatic N) is 4. The van der Waals surface area contributed by atoms with Crippen molar-refractivity contribution in [3.63, 3.8) is 0 Å². The fourth-order valence-electron chi connectivity index (χ4n) is 2.76. The number of nitrogens with one attached hydrogen (secondary N) is 1. The molecular formula is C12H16FN5O. The number of hydrogen-bond acceptors (Lipinski definition) is 5. The lowest BCUT2D eigenvalue weighted by atomic mass is 10.1. The van der Waals surface area contributed by atoms with Crippen molar-refractivity contribution in [3.05, 3.63) is 12.0 Å². The smallest absolute Gasteiger partial charge is 0.224 e. The van der Waals surface area contributed by atoms with Crippen molar-refractivity contribution < 1.29 is 9.18 Å². The van der Waals surface area contributed by atoms with E-state index < -0.39 is 5.82 Å². The molecule has 7 heteroatoms. The number of hydrogen-bond donors (Lipinski definition) is 1. The molecule has 6 nitrogen and oxygen atoms in total. The maximum atomic E-state index is 13.8. The third-order valence-electron chi connectivity index (χ3n) is 3.74. The maximum absolute atomic E-state index is 13.8. The molecule has 0 bridgehead atoms. The summed E-state index contributed by atoms with van der Waals surface area (Å²) in [6.07, 6.45) is 2.63.